The molecule has 1 N–H and O–H groups in total. The third kappa shape index (κ3) is 23.2. The molecule has 0 saturated heterocycles. The maximum absolute atomic E-state index is 9.49. The van der Waals surface area contributed by atoms with Gasteiger partial charge < -0.3 is 17.0 Å². The molecule has 0 aromatic heterocycles. The molecule has 0 aliphatic carbocycles. The van der Waals surface area contributed by atoms with Crippen molar-refractivity contribution >= 4 is 0 Å². The molecule has 0 aliphatic rings. The first-order valence-corrected chi connectivity index (χ1v) is 5.56. The quantitative estimate of drug-likeness (QED) is 0.486. The molecule has 0 amide bonds. The second kappa shape index (κ2) is 9.48. The molecule has 0 aliphatic heterocycles. The topological polar surface area (TPSA) is 121 Å². The van der Waals surface area contributed by atoms with E-state index in [1.807, 2.05) is 0 Å². The number of hydrogen-bond acceptors (Lipinski definition) is 6. The van der Waals surface area contributed by atoms with E-state index in [1.165, 1.54) is 0 Å². The molecule has 7 nitrogen and oxygen atoms in total. The molecule has 0 spiro atoms. The monoisotopic (exact) mass is 358 g/mol. The van der Waals surface area contributed by atoms with Crippen LogP contribution in [-0.2, 0) is 45.3 Å². The minimum atomic E-state index is -6.01. The van der Waals surface area contributed by atoms with E-state index >= 15 is 0 Å². The van der Waals surface area contributed by atoms with Gasteiger partial charge in [-0.05, 0) is 0 Å². The Hall–Kier alpha value is 3.26. The third-order valence-electron chi connectivity index (χ3n) is 0.169. The average Bonchev–Trinajstić information content (AvgIpc) is 1.14. The van der Waals surface area contributed by atoms with Crippen molar-refractivity contribution < 1.29 is 152 Å². The van der Waals surface area contributed by atoms with Crippen molar-refractivity contribution in [2.45, 2.75) is 0 Å². The molecule has 0 rings (SSSR count). The maximum atomic E-state index is 9.49. The van der Waals surface area contributed by atoms with Gasteiger partial charge in [-0.25, -0.2) is 0 Å². The van der Waals surface area contributed by atoms with E-state index in [2.05, 4.69) is 2.84 Å². The third-order valence-corrected chi connectivity index (χ3v) is 2.88. The van der Waals surface area contributed by atoms with Gasteiger partial charge in [-0.2, -0.15) is 0 Å². The van der Waals surface area contributed by atoms with Crippen LogP contribution in [-0.4, -0.2) is 4.16 Å². The first kappa shape index (κ1) is 24.5. The second-order valence-electron chi connectivity index (χ2n) is 0.904. The number of hydrogen-bond donors (Lipinski definition) is 1. The molecular formula is HBrCr2KNaO7. The molecule has 12 heavy (non-hydrogen) atoms. The molecule has 0 bridgehead atoms. The van der Waals surface area contributed by atoms with Crippen molar-refractivity contribution in [1.29, 1.82) is 0 Å². The van der Waals surface area contributed by atoms with Gasteiger partial charge in [0.2, 0.25) is 0 Å². The Morgan fingerprint density at radius 3 is 1.42 bits per heavy atom. The zero-order chi connectivity index (χ0) is 7.71. The molecule has 12 heteroatoms. The number of halogens is 1. The van der Waals surface area contributed by atoms with Crippen LogP contribution in [0.3, 0.4) is 0 Å². The van der Waals surface area contributed by atoms with E-state index in [1.54, 1.807) is 0 Å². The molecule has 0 fully saturated rings. The van der Waals surface area contributed by atoms with Crippen LogP contribution in [0.15, 0.2) is 0 Å². The van der Waals surface area contributed by atoms with Crippen LogP contribution in [0.1, 0.15) is 0 Å². The second-order valence-corrected chi connectivity index (χ2v) is 4.60. The van der Waals surface area contributed by atoms with Crippen LogP contribution in [0.2, 0.25) is 0 Å². The standard InChI is InChI=1S/BrH.2Cr.K.Na.H2O.6O/h1H;;;;;1H2;;;;;;/q;;3*+1;;;;;;;-1/p-2. The molecule has 0 unspecified atom stereocenters. The van der Waals surface area contributed by atoms with Crippen LogP contribution >= 0.6 is 0 Å². The van der Waals surface area contributed by atoms with E-state index in [-0.39, 0.29) is 97.9 Å². The summed E-state index contributed by atoms with van der Waals surface area (Å²) in [4.78, 5) is 0. The fourth-order valence-electron chi connectivity index (χ4n) is 0.105. The molecule has 0 radical (unpaired) electrons. The Bertz CT molecular complexity index is 247. The van der Waals surface area contributed by atoms with Crippen molar-refractivity contribution in [3.8, 4) is 0 Å². The summed E-state index contributed by atoms with van der Waals surface area (Å²) in [6, 6.07) is 0. The molecule has 0 atom stereocenters. The van der Waals surface area contributed by atoms with Gasteiger partial charge in [0.15, 0.2) is 0 Å². The van der Waals surface area contributed by atoms with E-state index in [9.17, 15) is 19.4 Å². The normalized spacial score (nSPS) is 10.2. The zero-order valence-electron chi connectivity index (χ0n) is 6.09. The summed E-state index contributed by atoms with van der Waals surface area (Å²) in [7, 11) is 0. The summed E-state index contributed by atoms with van der Waals surface area (Å²) in [6.45, 7) is 0. The van der Waals surface area contributed by atoms with Crippen molar-refractivity contribution in [3.63, 3.8) is 0 Å². The van der Waals surface area contributed by atoms with Gasteiger partial charge in [-0.3, -0.25) is 0 Å². The predicted octanol–water partition coefficient (Wildman–Crippen LogP) is -11.3. The minimum absolute atomic E-state index is 0. The van der Waals surface area contributed by atoms with Gasteiger partial charge >= 0.3 is 135 Å². The van der Waals surface area contributed by atoms with Crippen LogP contribution < -0.4 is 102 Å². The van der Waals surface area contributed by atoms with Crippen molar-refractivity contribution in [2.24, 2.45) is 0 Å². The SMILES string of the molecule is [Br-].[K+].[Na+].[O]=[Cr](=[O])([O-])[O][Cr](=[O])(=[O])[OH]. The van der Waals surface area contributed by atoms with Crippen LogP contribution in [0.4, 0.5) is 0 Å². The first-order valence-electron chi connectivity index (χ1n) is 1.35. The van der Waals surface area contributed by atoms with Crippen LogP contribution in [0, 0.1) is 0 Å². The Kier molecular flexibility index (Phi) is 19.3. The van der Waals surface area contributed by atoms with Crippen molar-refractivity contribution in [3.05, 3.63) is 0 Å². The van der Waals surface area contributed by atoms with Gasteiger partial charge in [0, 0.05) is 0 Å². The fourth-order valence-corrected chi connectivity index (χ4v) is 1.79. The van der Waals surface area contributed by atoms with E-state index in [0.717, 1.165) is 0 Å². The van der Waals surface area contributed by atoms with Gasteiger partial charge in [0.05, 0.1) is 0 Å². The Morgan fingerprint density at radius 2 is 1.42 bits per heavy atom. The molecule has 0 saturated carbocycles. The van der Waals surface area contributed by atoms with E-state index < -0.39 is 27.2 Å². The summed E-state index contributed by atoms with van der Waals surface area (Å²) >= 11 is -11.8. The summed E-state index contributed by atoms with van der Waals surface area (Å²) in [5.74, 6) is 0. The summed E-state index contributed by atoms with van der Waals surface area (Å²) < 4.78 is 57.6. The van der Waals surface area contributed by atoms with Crippen LogP contribution in [0.25, 0.3) is 0 Å². The van der Waals surface area contributed by atoms with Gasteiger partial charge in [-0.15, -0.1) is 0 Å². The molecular weight excluding hydrogens is 358 g/mol. The Balaban J connectivity index is -0.000000107. The summed E-state index contributed by atoms with van der Waals surface area (Å²) in [5.41, 5.74) is 0. The van der Waals surface area contributed by atoms with Crippen molar-refractivity contribution in [1.82, 2.24) is 0 Å². The van der Waals surface area contributed by atoms with Gasteiger partial charge in [-0.1, -0.05) is 0 Å². The molecule has 0 aromatic rings. The zero-order valence-corrected chi connectivity index (χ0v) is 15.4. The Morgan fingerprint density at radius 1 is 1.17 bits per heavy atom. The number of rotatable bonds is 2. The predicted molar refractivity (Wildman–Crippen MR) is 6.05 cm³/mol. The molecule has 0 heterocycles. The molecule has 64 valence electrons. The van der Waals surface area contributed by atoms with Gasteiger partial charge in [0.1, 0.15) is 0 Å². The first-order chi connectivity index (χ1) is 3.71. The molecule has 0 aromatic carbocycles. The summed E-state index contributed by atoms with van der Waals surface area (Å²) in [5, 5.41) is 0. The van der Waals surface area contributed by atoms with Crippen LogP contribution in [0.5, 0.6) is 0 Å². The van der Waals surface area contributed by atoms with Gasteiger partial charge in [0.25, 0.3) is 0 Å². The fraction of sp³-hybridized carbons (Fsp3) is 0. The average molecular weight is 359 g/mol. The van der Waals surface area contributed by atoms with Crippen molar-refractivity contribution in [2.75, 3.05) is 0 Å². The van der Waals surface area contributed by atoms with E-state index in [4.69, 9.17) is 4.16 Å². The Labute approximate surface area is 148 Å². The van der Waals surface area contributed by atoms with E-state index in [0.29, 0.717) is 0 Å². The summed E-state index contributed by atoms with van der Waals surface area (Å²) in [6.07, 6.45) is 0.